The van der Waals surface area contributed by atoms with E-state index in [0.717, 1.165) is 31.7 Å². The molecular formula is C21H23N3O4. The van der Waals surface area contributed by atoms with Crippen LogP contribution in [-0.2, 0) is 6.54 Å². The smallest absolute Gasteiger partial charge is 0.287 e. The standard InChI is InChI=1S/C21H23N3O4/c25-20-7-1-2-12-24(20)15-16-8-9-19(28-16)21(26)22-14-17(18-6-5-13-27-18)23-10-3-4-11-23/h1-2,5-9,12-13,17H,3-4,10-11,14-15H2,(H,22,26). The number of hydrogen-bond donors (Lipinski definition) is 1. The normalized spacial score (nSPS) is 15.6. The summed E-state index contributed by atoms with van der Waals surface area (Å²) in [6, 6.07) is 12.1. The summed E-state index contributed by atoms with van der Waals surface area (Å²) < 4.78 is 12.8. The minimum Gasteiger partial charge on any atom is -0.468 e. The van der Waals surface area contributed by atoms with Crippen LogP contribution in [0.25, 0.3) is 0 Å². The lowest BCUT2D eigenvalue weighted by molar-refractivity contribution is 0.0904. The van der Waals surface area contributed by atoms with Gasteiger partial charge in [0.2, 0.25) is 0 Å². The molecule has 4 heterocycles. The summed E-state index contributed by atoms with van der Waals surface area (Å²) in [7, 11) is 0. The average molecular weight is 381 g/mol. The van der Waals surface area contributed by atoms with E-state index in [9.17, 15) is 9.59 Å². The molecule has 3 aromatic heterocycles. The Morgan fingerprint density at radius 3 is 2.71 bits per heavy atom. The van der Waals surface area contributed by atoms with Crippen molar-refractivity contribution in [2.45, 2.75) is 25.4 Å². The van der Waals surface area contributed by atoms with Crippen molar-refractivity contribution in [3.8, 4) is 0 Å². The van der Waals surface area contributed by atoms with Crippen LogP contribution in [0, 0.1) is 0 Å². The van der Waals surface area contributed by atoms with Crippen LogP contribution in [0.1, 0.15) is 41.0 Å². The molecule has 1 aliphatic heterocycles. The lowest BCUT2D eigenvalue weighted by Crippen LogP contribution is -2.36. The van der Waals surface area contributed by atoms with Gasteiger partial charge in [0.25, 0.3) is 11.5 Å². The minimum atomic E-state index is -0.276. The molecule has 1 atom stereocenters. The Morgan fingerprint density at radius 2 is 1.96 bits per heavy atom. The zero-order valence-electron chi connectivity index (χ0n) is 15.5. The molecule has 0 radical (unpaired) electrons. The second-order valence-corrected chi connectivity index (χ2v) is 6.92. The molecule has 1 amide bonds. The predicted molar refractivity (Wildman–Crippen MR) is 103 cm³/mol. The van der Waals surface area contributed by atoms with Crippen molar-refractivity contribution in [2.75, 3.05) is 19.6 Å². The number of carbonyl (C=O) groups is 1. The van der Waals surface area contributed by atoms with Crippen molar-refractivity contribution in [3.05, 3.63) is 82.6 Å². The number of carbonyl (C=O) groups excluding carboxylic acids is 1. The van der Waals surface area contributed by atoms with E-state index in [2.05, 4.69) is 10.2 Å². The number of amides is 1. The molecule has 4 rings (SSSR count). The third-order valence-corrected chi connectivity index (χ3v) is 5.02. The van der Waals surface area contributed by atoms with Crippen molar-refractivity contribution in [1.82, 2.24) is 14.8 Å². The third-order valence-electron chi connectivity index (χ3n) is 5.02. The van der Waals surface area contributed by atoms with Gasteiger partial charge < -0.3 is 18.7 Å². The predicted octanol–water partition coefficient (Wildman–Crippen LogP) is 2.65. The van der Waals surface area contributed by atoms with Gasteiger partial charge in [-0.1, -0.05) is 6.07 Å². The number of likely N-dealkylation sites (tertiary alicyclic amines) is 1. The van der Waals surface area contributed by atoms with Crippen LogP contribution in [0.4, 0.5) is 0 Å². The average Bonchev–Trinajstić information content (AvgIpc) is 3.47. The van der Waals surface area contributed by atoms with Gasteiger partial charge in [0.05, 0.1) is 18.8 Å². The molecule has 0 spiro atoms. The Labute approximate surface area is 162 Å². The Balaban J connectivity index is 1.40. The summed E-state index contributed by atoms with van der Waals surface area (Å²) in [6.07, 6.45) is 5.66. The van der Waals surface area contributed by atoms with Crippen molar-refractivity contribution < 1.29 is 13.6 Å². The highest BCUT2D eigenvalue weighted by atomic mass is 16.4. The van der Waals surface area contributed by atoms with Crippen LogP contribution in [0.15, 0.2) is 68.6 Å². The molecule has 0 aromatic carbocycles. The Morgan fingerprint density at radius 1 is 1.11 bits per heavy atom. The van der Waals surface area contributed by atoms with Gasteiger partial charge in [0.15, 0.2) is 5.76 Å². The summed E-state index contributed by atoms with van der Waals surface area (Å²) in [5, 5.41) is 2.95. The van der Waals surface area contributed by atoms with E-state index in [0.29, 0.717) is 12.3 Å². The fourth-order valence-corrected chi connectivity index (χ4v) is 3.56. The molecule has 1 aliphatic rings. The fourth-order valence-electron chi connectivity index (χ4n) is 3.56. The molecule has 0 saturated carbocycles. The number of nitrogens with zero attached hydrogens (tertiary/aromatic N) is 2. The SMILES string of the molecule is O=C(NCC(c1ccco1)N1CCCC1)c1ccc(Cn2ccccc2=O)o1. The van der Waals surface area contributed by atoms with E-state index in [-0.39, 0.29) is 29.8 Å². The molecular weight excluding hydrogens is 358 g/mol. The molecule has 1 fully saturated rings. The molecule has 1 unspecified atom stereocenters. The van der Waals surface area contributed by atoms with E-state index in [1.54, 1.807) is 36.7 Å². The van der Waals surface area contributed by atoms with E-state index >= 15 is 0 Å². The van der Waals surface area contributed by atoms with E-state index in [4.69, 9.17) is 8.83 Å². The molecule has 146 valence electrons. The maximum atomic E-state index is 12.5. The Hall–Kier alpha value is -3.06. The number of pyridine rings is 1. The van der Waals surface area contributed by atoms with Gasteiger partial charge >= 0.3 is 0 Å². The first-order valence-electron chi connectivity index (χ1n) is 9.50. The van der Waals surface area contributed by atoms with Crippen LogP contribution in [-0.4, -0.2) is 35.0 Å². The first-order valence-corrected chi connectivity index (χ1v) is 9.50. The topological polar surface area (TPSA) is 80.6 Å². The zero-order valence-corrected chi connectivity index (χ0v) is 15.5. The quantitative estimate of drug-likeness (QED) is 0.681. The van der Waals surface area contributed by atoms with E-state index in [1.165, 1.54) is 10.6 Å². The minimum absolute atomic E-state index is 0.0128. The van der Waals surface area contributed by atoms with Gasteiger partial charge in [0, 0.05) is 18.8 Å². The lowest BCUT2D eigenvalue weighted by atomic mass is 10.2. The van der Waals surface area contributed by atoms with Gasteiger partial charge in [0.1, 0.15) is 11.5 Å². The van der Waals surface area contributed by atoms with E-state index < -0.39 is 0 Å². The van der Waals surface area contributed by atoms with Crippen LogP contribution >= 0.6 is 0 Å². The van der Waals surface area contributed by atoms with Crippen LogP contribution < -0.4 is 10.9 Å². The molecule has 28 heavy (non-hydrogen) atoms. The zero-order chi connectivity index (χ0) is 19.3. The number of furan rings is 2. The summed E-state index contributed by atoms with van der Waals surface area (Å²) in [5.74, 6) is 1.37. The number of hydrogen-bond acceptors (Lipinski definition) is 5. The van der Waals surface area contributed by atoms with Crippen LogP contribution in [0.3, 0.4) is 0 Å². The van der Waals surface area contributed by atoms with Crippen molar-refractivity contribution in [2.24, 2.45) is 0 Å². The highest BCUT2D eigenvalue weighted by Crippen LogP contribution is 2.25. The van der Waals surface area contributed by atoms with Gasteiger partial charge in [-0.3, -0.25) is 14.5 Å². The first-order chi connectivity index (χ1) is 13.7. The number of aromatic nitrogens is 1. The summed E-state index contributed by atoms with van der Waals surface area (Å²) >= 11 is 0. The summed E-state index contributed by atoms with van der Waals surface area (Å²) in [4.78, 5) is 26.7. The van der Waals surface area contributed by atoms with Gasteiger partial charge in [-0.15, -0.1) is 0 Å². The Kier molecular flexibility index (Phi) is 5.43. The van der Waals surface area contributed by atoms with Crippen molar-refractivity contribution in [1.29, 1.82) is 0 Å². The monoisotopic (exact) mass is 381 g/mol. The van der Waals surface area contributed by atoms with Gasteiger partial charge in [-0.05, 0) is 56.3 Å². The highest BCUT2D eigenvalue weighted by molar-refractivity contribution is 5.91. The van der Waals surface area contributed by atoms with Crippen LogP contribution in [0.5, 0.6) is 0 Å². The van der Waals surface area contributed by atoms with Gasteiger partial charge in [-0.25, -0.2) is 0 Å². The van der Waals surface area contributed by atoms with Crippen molar-refractivity contribution in [3.63, 3.8) is 0 Å². The molecule has 7 heteroatoms. The second-order valence-electron chi connectivity index (χ2n) is 6.92. The summed E-state index contributed by atoms with van der Waals surface area (Å²) in [6.45, 7) is 2.73. The van der Waals surface area contributed by atoms with Gasteiger partial charge in [-0.2, -0.15) is 0 Å². The molecule has 7 nitrogen and oxygen atoms in total. The molecule has 1 N–H and O–H groups in total. The number of rotatable bonds is 7. The molecule has 0 bridgehead atoms. The highest BCUT2D eigenvalue weighted by Gasteiger charge is 2.26. The summed E-state index contributed by atoms with van der Waals surface area (Å²) in [5.41, 5.74) is -0.114. The largest absolute Gasteiger partial charge is 0.468 e. The maximum Gasteiger partial charge on any atom is 0.287 e. The number of nitrogens with one attached hydrogen (secondary N) is 1. The fraction of sp³-hybridized carbons (Fsp3) is 0.333. The van der Waals surface area contributed by atoms with E-state index in [1.807, 2.05) is 12.1 Å². The lowest BCUT2D eigenvalue weighted by Gasteiger charge is -2.25. The second kappa shape index (κ2) is 8.31. The van der Waals surface area contributed by atoms with Crippen LogP contribution in [0.2, 0.25) is 0 Å². The Bertz CT molecular complexity index is 967. The molecule has 3 aromatic rings. The first kappa shape index (κ1) is 18.3. The molecule has 0 aliphatic carbocycles. The molecule has 1 saturated heterocycles. The third kappa shape index (κ3) is 4.09. The van der Waals surface area contributed by atoms with Crippen molar-refractivity contribution >= 4 is 5.91 Å². The maximum absolute atomic E-state index is 12.5.